The van der Waals surface area contributed by atoms with Crippen molar-refractivity contribution in [3.8, 4) is 43.4 Å². The number of fused-ring (bicyclic) bond motifs is 14. The molecule has 1 aliphatic heterocycles. The smallest absolute Gasteiger partial charge is 0.303 e. The standard InChI is InChI=1S/C53H53N13O10S6/c1-24(2)39-53-66-42(33(82-53)19-76-5)46(74)55-18-37(69)63-43(44(72)26-11-7-6-8-12-26)52-60-32(22-79-52)50-58-30(20-78-50)41-27(15-16-28(56-41)49-62-34(23-80-49)61-35(67)13-9-10-14-38(70)71)48-59-31(21-77-48)45(73)57-29(17-36(68)54-4)51-65-40(25(3)81-51)47(75)64-39/h6-8,11-12,15-16,20-24,29,39,43-44,72H,9-10,13-14,17-19H2,1-5H3,(H,54,68)(H,55,74)(H,57,73)(H,61,67)(H,63,69)(H,64,75)(H,70,71)/t29-,39-,43-,44-/m0/s1. The Morgan fingerprint density at radius 2 is 1.39 bits per heavy atom. The quantitative estimate of drug-likeness (QED) is 0.0480. The fraction of sp³-hybridized carbons (Fsp3) is 0.321. The summed E-state index contributed by atoms with van der Waals surface area (Å²) < 4.78 is 5.44. The first-order chi connectivity index (χ1) is 39.5. The van der Waals surface area contributed by atoms with E-state index in [1.807, 2.05) is 13.8 Å². The largest absolute Gasteiger partial charge is 0.481 e. The molecule has 0 aliphatic carbocycles. The van der Waals surface area contributed by atoms with Crippen LogP contribution in [0.3, 0.4) is 0 Å². The highest BCUT2D eigenvalue weighted by atomic mass is 32.1. The molecule has 82 heavy (non-hydrogen) atoms. The maximum absolute atomic E-state index is 14.3. The molecule has 4 atom stereocenters. The van der Waals surface area contributed by atoms with Crippen molar-refractivity contribution in [1.82, 2.24) is 61.5 Å². The number of anilines is 1. The number of carboxylic acid groups (broad SMARTS) is 1. The maximum Gasteiger partial charge on any atom is 0.303 e. The summed E-state index contributed by atoms with van der Waals surface area (Å²) in [5, 5.41) is 46.8. The molecule has 23 nitrogen and oxygen atoms in total. The molecule has 0 saturated carbocycles. The number of benzene rings is 1. The molecule has 0 radical (unpaired) electrons. The number of nitrogens with one attached hydrogen (secondary N) is 6. The highest BCUT2D eigenvalue weighted by molar-refractivity contribution is 7.15. The van der Waals surface area contributed by atoms with Gasteiger partial charge in [0, 0.05) is 59.0 Å². The van der Waals surface area contributed by atoms with Gasteiger partial charge in [0.2, 0.25) is 17.7 Å². The lowest BCUT2D eigenvalue weighted by Gasteiger charge is -2.23. The summed E-state index contributed by atoms with van der Waals surface area (Å²) in [6.07, 6.45) is -0.679. The fourth-order valence-corrected chi connectivity index (χ4v) is 13.9. The number of hydrogen-bond donors (Lipinski definition) is 8. The van der Waals surface area contributed by atoms with Gasteiger partial charge in [0.05, 0.1) is 42.2 Å². The third kappa shape index (κ3) is 14.0. The number of carbonyl (C=O) groups is 7. The van der Waals surface area contributed by atoms with Crippen molar-refractivity contribution in [3.63, 3.8) is 0 Å². The van der Waals surface area contributed by atoms with Gasteiger partial charge in [-0.25, -0.2) is 34.9 Å². The lowest BCUT2D eigenvalue weighted by Crippen LogP contribution is -2.40. The van der Waals surface area contributed by atoms with Crippen molar-refractivity contribution in [2.45, 2.75) is 83.7 Å². The van der Waals surface area contributed by atoms with Gasteiger partial charge in [0.25, 0.3) is 17.7 Å². The minimum Gasteiger partial charge on any atom is -0.481 e. The zero-order valence-electron chi connectivity index (χ0n) is 44.4. The molecule has 1 aromatic carbocycles. The summed E-state index contributed by atoms with van der Waals surface area (Å²) in [6, 6.07) is 9.45. The van der Waals surface area contributed by atoms with Crippen LogP contribution in [-0.2, 0) is 30.5 Å². The van der Waals surface area contributed by atoms with Crippen LogP contribution in [0.2, 0.25) is 0 Å². The second kappa shape index (κ2) is 26.5. The molecule has 0 fully saturated rings. The monoisotopic (exact) mass is 1220 g/mol. The number of ether oxygens (including phenoxy) is 1. The van der Waals surface area contributed by atoms with E-state index in [2.05, 4.69) is 46.9 Å². The van der Waals surface area contributed by atoms with E-state index in [1.54, 1.807) is 70.9 Å². The Labute approximate surface area is 492 Å². The first-order valence-corrected chi connectivity index (χ1v) is 30.6. The van der Waals surface area contributed by atoms with Crippen LogP contribution >= 0.6 is 68.0 Å². The van der Waals surface area contributed by atoms with E-state index in [9.17, 15) is 38.7 Å². The number of aliphatic hydroxyl groups is 1. The maximum atomic E-state index is 14.3. The number of unbranched alkanes of at least 4 members (excludes halogenated alkanes) is 1. The second-order valence-electron chi connectivity index (χ2n) is 18.8. The molecule has 426 valence electrons. The Balaban J connectivity index is 1.11. The van der Waals surface area contributed by atoms with E-state index in [4.69, 9.17) is 29.8 Å². The summed E-state index contributed by atoms with van der Waals surface area (Å²) >= 11 is 7.15. The Bertz CT molecular complexity index is 3660. The minimum absolute atomic E-state index is 0.000131. The zero-order valence-corrected chi connectivity index (χ0v) is 49.3. The molecule has 0 saturated heterocycles. The number of thiazole rings is 6. The lowest BCUT2D eigenvalue weighted by molar-refractivity contribution is -0.137. The molecule has 1 aliphatic rings. The van der Waals surface area contributed by atoms with E-state index in [1.165, 1.54) is 70.8 Å². The van der Waals surface area contributed by atoms with Gasteiger partial charge in [-0.3, -0.25) is 33.6 Å². The van der Waals surface area contributed by atoms with Gasteiger partial charge >= 0.3 is 5.97 Å². The number of nitrogens with zero attached hydrogens (tertiary/aromatic N) is 7. The van der Waals surface area contributed by atoms with E-state index < -0.39 is 66.3 Å². The number of amides is 6. The summed E-state index contributed by atoms with van der Waals surface area (Å²) in [6.45, 7) is 4.95. The highest BCUT2D eigenvalue weighted by Gasteiger charge is 2.33. The average molecular weight is 1220 g/mol. The highest BCUT2D eigenvalue weighted by Crippen LogP contribution is 2.40. The van der Waals surface area contributed by atoms with Crippen molar-refractivity contribution in [1.29, 1.82) is 0 Å². The van der Waals surface area contributed by atoms with Crippen LogP contribution in [0.4, 0.5) is 5.82 Å². The van der Waals surface area contributed by atoms with Crippen LogP contribution < -0.4 is 31.9 Å². The number of carboxylic acids is 1. The molecule has 8 aromatic rings. The van der Waals surface area contributed by atoms with Gasteiger partial charge < -0.3 is 46.9 Å². The van der Waals surface area contributed by atoms with Crippen molar-refractivity contribution in [2.24, 2.45) is 5.92 Å². The number of methoxy groups -OCH3 is 1. The van der Waals surface area contributed by atoms with Gasteiger partial charge in [-0.15, -0.1) is 68.0 Å². The lowest BCUT2D eigenvalue weighted by atomic mass is 10.0. The number of aliphatic hydroxyl groups excluding tert-OH is 1. The molecule has 6 amide bonds. The Morgan fingerprint density at radius 1 is 0.683 bits per heavy atom. The van der Waals surface area contributed by atoms with Crippen molar-refractivity contribution >= 4 is 115 Å². The molecule has 8 heterocycles. The van der Waals surface area contributed by atoms with E-state index >= 15 is 0 Å². The van der Waals surface area contributed by atoms with Crippen molar-refractivity contribution < 1.29 is 48.5 Å². The third-order valence-corrected chi connectivity index (χ3v) is 18.3. The zero-order chi connectivity index (χ0) is 58.2. The SMILES string of the molecule is CNC(=O)C[C@@H]1NC(=O)c2csc(n2)-c2ccc(-c3nc(NC(=O)CCCCC(=O)O)cs3)nc2-c2csc(n2)-c2csc(n2)[C@H]([C@@H](O)c2ccccc2)NC(=O)CNC(=O)c2nc(sc2COC)[C@H](C(C)C)NC(=O)c2nc1sc2C. The fourth-order valence-electron chi connectivity index (χ4n) is 8.41. The number of rotatable bonds is 14. The number of aromatic nitrogens is 7. The first kappa shape index (κ1) is 59.0. The van der Waals surface area contributed by atoms with Gasteiger partial charge in [0.15, 0.2) is 0 Å². The Morgan fingerprint density at radius 3 is 2.15 bits per heavy atom. The van der Waals surface area contributed by atoms with Crippen LogP contribution in [0.1, 0.15) is 132 Å². The summed E-state index contributed by atoms with van der Waals surface area (Å²) in [5.74, 6) is -4.11. The molecule has 0 spiro atoms. The van der Waals surface area contributed by atoms with Crippen LogP contribution in [-0.4, -0.2) is 107 Å². The van der Waals surface area contributed by atoms with Crippen molar-refractivity contribution in [3.05, 3.63) is 111 Å². The van der Waals surface area contributed by atoms with Crippen LogP contribution in [0.25, 0.3) is 43.4 Å². The van der Waals surface area contributed by atoms with E-state index in [0.29, 0.717) is 87.4 Å². The summed E-state index contributed by atoms with van der Waals surface area (Å²) in [4.78, 5) is 128. The molecule has 10 bridgehead atoms. The Hall–Kier alpha value is -7.64. The summed E-state index contributed by atoms with van der Waals surface area (Å²) in [5.41, 5.74) is 2.68. The van der Waals surface area contributed by atoms with E-state index in [0.717, 1.165) is 11.3 Å². The first-order valence-electron chi connectivity index (χ1n) is 25.4. The molecule has 7 aromatic heterocycles. The van der Waals surface area contributed by atoms with E-state index in [-0.39, 0.29) is 59.8 Å². The van der Waals surface area contributed by atoms with Crippen LogP contribution in [0.5, 0.6) is 0 Å². The topological polar surface area (TPSA) is 332 Å². The van der Waals surface area contributed by atoms with Crippen LogP contribution in [0, 0.1) is 12.8 Å². The van der Waals surface area contributed by atoms with Gasteiger partial charge in [-0.2, -0.15) is 0 Å². The minimum atomic E-state index is -1.28. The number of carbonyl (C=O) groups excluding carboxylic acids is 6. The number of pyridine rings is 1. The normalized spacial score (nSPS) is 16.4. The number of aryl methyl sites for hydroxylation is 1. The van der Waals surface area contributed by atoms with Crippen LogP contribution in [0.15, 0.2) is 64.0 Å². The molecule has 9 rings (SSSR count). The Kier molecular flexibility index (Phi) is 19.1. The van der Waals surface area contributed by atoms with Gasteiger partial charge in [-0.05, 0) is 43.4 Å². The summed E-state index contributed by atoms with van der Waals surface area (Å²) in [7, 11) is 2.93. The van der Waals surface area contributed by atoms with Gasteiger partial charge in [0.1, 0.15) is 82.2 Å². The number of hydrogen-bond acceptors (Lipinski definition) is 22. The molecular formula is C53H53N13O10S6. The molecule has 8 N–H and O–H groups in total. The predicted molar refractivity (Wildman–Crippen MR) is 312 cm³/mol. The predicted octanol–water partition coefficient (Wildman–Crippen LogP) is 7.90. The average Bonchev–Trinajstić information content (AvgIpc) is 4.45. The molecule has 0 unspecified atom stereocenters. The number of aliphatic carboxylic acids is 1. The van der Waals surface area contributed by atoms with Crippen molar-refractivity contribution in [2.75, 3.05) is 26.0 Å². The van der Waals surface area contributed by atoms with Gasteiger partial charge in [-0.1, -0.05) is 44.2 Å². The second-order valence-corrected chi connectivity index (χ2v) is 24.6. The molecular weight excluding hydrogens is 1170 g/mol. The molecule has 29 heteroatoms. The third-order valence-electron chi connectivity index (χ3n) is 12.6.